The number of benzene rings is 1. The third kappa shape index (κ3) is 3.01. The molecule has 0 heterocycles. The fourth-order valence-electron chi connectivity index (χ4n) is 2.10. The van der Waals surface area contributed by atoms with E-state index in [1.54, 1.807) is 0 Å². The first-order valence-corrected chi connectivity index (χ1v) is 6.28. The van der Waals surface area contributed by atoms with Crippen LogP contribution in [0.3, 0.4) is 0 Å². The van der Waals surface area contributed by atoms with Crippen molar-refractivity contribution < 1.29 is 0 Å². The molecule has 0 unspecified atom stereocenters. The van der Waals surface area contributed by atoms with Crippen molar-refractivity contribution in [2.45, 2.75) is 57.3 Å². The summed E-state index contributed by atoms with van der Waals surface area (Å²) in [5.74, 6) is 0. The van der Waals surface area contributed by atoms with Gasteiger partial charge in [0.15, 0.2) is 0 Å². The molecule has 0 nitrogen and oxygen atoms in total. The standard InChI is InChI=1S/C14H22S/c1-5-9-14(3,4)12-10-11(6-2)7-8-13(12)15/h7-8,10,15H,5-6,9H2,1-4H3. The zero-order valence-electron chi connectivity index (χ0n) is 10.3. The fraction of sp³-hybridized carbons (Fsp3) is 0.571. The van der Waals surface area contributed by atoms with Crippen LogP contribution >= 0.6 is 12.6 Å². The second-order valence-corrected chi connectivity index (χ2v) is 5.32. The molecule has 15 heavy (non-hydrogen) atoms. The molecule has 0 amide bonds. The Balaban J connectivity index is 3.11. The van der Waals surface area contributed by atoms with Crippen molar-refractivity contribution in [1.82, 2.24) is 0 Å². The van der Waals surface area contributed by atoms with Crippen LogP contribution in [0.2, 0.25) is 0 Å². The lowest BCUT2D eigenvalue weighted by atomic mass is 9.80. The summed E-state index contributed by atoms with van der Waals surface area (Å²) in [6.07, 6.45) is 3.54. The van der Waals surface area contributed by atoms with E-state index in [0.717, 1.165) is 11.3 Å². The molecule has 0 aliphatic heterocycles. The van der Waals surface area contributed by atoms with Crippen molar-refractivity contribution in [3.05, 3.63) is 29.3 Å². The van der Waals surface area contributed by atoms with Crippen LogP contribution in [0.1, 0.15) is 51.7 Å². The fourth-order valence-corrected chi connectivity index (χ4v) is 2.55. The number of hydrogen-bond donors (Lipinski definition) is 1. The van der Waals surface area contributed by atoms with Crippen molar-refractivity contribution >= 4 is 12.6 Å². The van der Waals surface area contributed by atoms with E-state index in [4.69, 9.17) is 0 Å². The molecule has 1 rings (SSSR count). The Morgan fingerprint density at radius 3 is 2.40 bits per heavy atom. The summed E-state index contributed by atoms with van der Waals surface area (Å²) in [6.45, 7) is 9.06. The summed E-state index contributed by atoms with van der Waals surface area (Å²) < 4.78 is 0. The molecule has 1 aromatic rings. The maximum absolute atomic E-state index is 4.57. The molecule has 0 saturated carbocycles. The Morgan fingerprint density at radius 2 is 1.87 bits per heavy atom. The van der Waals surface area contributed by atoms with Gasteiger partial charge in [-0.2, -0.15) is 0 Å². The predicted octanol–water partition coefficient (Wildman–Crippen LogP) is 4.62. The third-order valence-electron chi connectivity index (χ3n) is 3.07. The minimum absolute atomic E-state index is 0.247. The summed E-state index contributed by atoms with van der Waals surface area (Å²) in [5.41, 5.74) is 3.05. The Kier molecular flexibility index (Phi) is 4.27. The Labute approximate surface area is 99.5 Å². The lowest BCUT2D eigenvalue weighted by Crippen LogP contribution is -2.17. The quantitative estimate of drug-likeness (QED) is 0.706. The van der Waals surface area contributed by atoms with Crippen LogP contribution in [0, 0.1) is 0 Å². The molecule has 0 radical (unpaired) electrons. The first kappa shape index (κ1) is 12.6. The van der Waals surface area contributed by atoms with Crippen molar-refractivity contribution in [2.24, 2.45) is 0 Å². The SMILES string of the molecule is CCCC(C)(C)c1cc(CC)ccc1S. The number of aryl methyl sites for hydroxylation is 1. The first-order valence-electron chi connectivity index (χ1n) is 5.83. The molecule has 0 saturated heterocycles. The molecule has 84 valence electrons. The third-order valence-corrected chi connectivity index (χ3v) is 3.46. The van der Waals surface area contributed by atoms with Gasteiger partial charge in [0.2, 0.25) is 0 Å². The molecule has 0 aliphatic rings. The van der Waals surface area contributed by atoms with E-state index in [9.17, 15) is 0 Å². The second kappa shape index (κ2) is 5.07. The molecule has 0 atom stereocenters. The zero-order chi connectivity index (χ0) is 11.5. The highest BCUT2D eigenvalue weighted by atomic mass is 32.1. The van der Waals surface area contributed by atoms with E-state index >= 15 is 0 Å². The van der Waals surface area contributed by atoms with Gasteiger partial charge in [0.25, 0.3) is 0 Å². The maximum atomic E-state index is 4.57. The normalized spacial score (nSPS) is 11.8. The molecule has 1 heteroatoms. The monoisotopic (exact) mass is 222 g/mol. The highest BCUT2D eigenvalue weighted by molar-refractivity contribution is 7.80. The Bertz CT molecular complexity index is 326. The molecule has 0 fully saturated rings. The second-order valence-electron chi connectivity index (χ2n) is 4.84. The van der Waals surface area contributed by atoms with Crippen LogP contribution in [0.25, 0.3) is 0 Å². The van der Waals surface area contributed by atoms with Crippen LogP contribution in [0.4, 0.5) is 0 Å². The molecule has 0 spiro atoms. The highest BCUT2D eigenvalue weighted by Gasteiger charge is 2.21. The van der Waals surface area contributed by atoms with Gasteiger partial charge in [0, 0.05) is 4.90 Å². The van der Waals surface area contributed by atoms with E-state index in [-0.39, 0.29) is 5.41 Å². The Hall–Kier alpha value is -0.430. The van der Waals surface area contributed by atoms with Crippen LogP contribution in [-0.2, 0) is 11.8 Å². The largest absolute Gasteiger partial charge is 0.143 e. The maximum Gasteiger partial charge on any atom is 0.00776 e. The van der Waals surface area contributed by atoms with Crippen molar-refractivity contribution in [2.75, 3.05) is 0 Å². The molecule has 0 aromatic heterocycles. The van der Waals surface area contributed by atoms with E-state index in [0.29, 0.717) is 0 Å². The summed E-state index contributed by atoms with van der Waals surface area (Å²) in [5, 5.41) is 0. The number of hydrogen-bond acceptors (Lipinski definition) is 1. The topological polar surface area (TPSA) is 0 Å². The van der Waals surface area contributed by atoms with Gasteiger partial charge >= 0.3 is 0 Å². The van der Waals surface area contributed by atoms with Crippen molar-refractivity contribution in [3.63, 3.8) is 0 Å². The van der Waals surface area contributed by atoms with Gasteiger partial charge in [-0.25, -0.2) is 0 Å². The lowest BCUT2D eigenvalue weighted by Gasteiger charge is -2.26. The highest BCUT2D eigenvalue weighted by Crippen LogP contribution is 2.33. The van der Waals surface area contributed by atoms with Gasteiger partial charge in [-0.05, 0) is 35.4 Å². The molecule has 0 N–H and O–H groups in total. The van der Waals surface area contributed by atoms with Gasteiger partial charge in [0.1, 0.15) is 0 Å². The summed E-state index contributed by atoms with van der Waals surface area (Å²) in [4.78, 5) is 1.13. The van der Waals surface area contributed by atoms with Gasteiger partial charge in [0.05, 0.1) is 0 Å². The zero-order valence-corrected chi connectivity index (χ0v) is 11.2. The minimum Gasteiger partial charge on any atom is -0.143 e. The van der Waals surface area contributed by atoms with E-state index in [2.05, 4.69) is 58.5 Å². The smallest absolute Gasteiger partial charge is 0.00776 e. The van der Waals surface area contributed by atoms with Crippen molar-refractivity contribution in [3.8, 4) is 0 Å². The predicted molar refractivity (Wildman–Crippen MR) is 71.0 cm³/mol. The van der Waals surface area contributed by atoms with E-state index in [1.807, 2.05) is 0 Å². The molecule has 0 bridgehead atoms. The Morgan fingerprint density at radius 1 is 1.20 bits per heavy atom. The van der Waals surface area contributed by atoms with E-state index in [1.165, 1.54) is 24.0 Å². The van der Waals surface area contributed by atoms with Gasteiger partial charge in [-0.3, -0.25) is 0 Å². The van der Waals surface area contributed by atoms with Crippen LogP contribution in [-0.4, -0.2) is 0 Å². The molecule has 1 aromatic carbocycles. The van der Waals surface area contributed by atoms with Gasteiger partial charge < -0.3 is 0 Å². The number of thiol groups is 1. The van der Waals surface area contributed by atoms with Gasteiger partial charge in [-0.15, -0.1) is 12.6 Å². The van der Waals surface area contributed by atoms with E-state index < -0.39 is 0 Å². The average molecular weight is 222 g/mol. The molecular formula is C14H22S. The average Bonchev–Trinajstić information content (AvgIpc) is 2.18. The molecular weight excluding hydrogens is 200 g/mol. The minimum atomic E-state index is 0.247. The summed E-state index contributed by atoms with van der Waals surface area (Å²) in [6, 6.07) is 6.63. The van der Waals surface area contributed by atoms with Gasteiger partial charge in [-0.1, -0.05) is 46.2 Å². The van der Waals surface area contributed by atoms with Crippen LogP contribution < -0.4 is 0 Å². The van der Waals surface area contributed by atoms with Crippen LogP contribution in [0.5, 0.6) is 0 Å². The summed E-state index contributed by atoms with van der Waals surface area (Å²) >= 11 is 4.57. The number of rotatable bonds is 4. The van der Waals surface area contributed by atoms with Crippen LogP contribution in [0.15, 0.2) is 23.1 Å². The molecule has 0 aliphatic carbocycles. The van der Waals surface area contributed by atoms with Crippen molar-refractivity contribution in [1.29, 1.82) is 0 Å². The lowest BCUT2D eigenvalue weighted by molar-refractivity contribution is 0.465. The summed E-state index contributed by atoms with van der Waals surface area (Å²) in [7, 11) is 0. The first-order chi connectivity index (χ1) is 7.01.